The van der Waals surface area contributed by atoms with Crippen LogP contribution < -0.4 is 0 Å². The molecule has 0 nitrogen and oxygen atoms in total. The summed E-state index contributed by atoms with van der Waals surface area (Å²) in [6, 6.07) is 19.5. The fraction of sp³-hybridized carbons (Fsp3) is 0.684. The lowest BCUT2D eigenvalue weighted by molar-refractivity contribution is 0.832. The second-order valence-electron chi connectivity index (χ2n) is 12.9. The highest BCUT2D eigenvalue weighted by Gasteiger charge is 2.36. The van der Waals surface area contributed by atoms with Crippen molar-refractivity contribution in [2.24, 2.45) is 0 Å². The molecule has 2 rings (SSSR count). The van der Waals surface area contributed by atoms with Crippen LogP contribution in [0.15, 0.2) is 48.5 Å². The van der Waals surface area contributed by atoms with Gasteiger partial charge >= 0.3 is 0 Å². The van der Waals surface area contributed by atoms with Crippen LogP contribution in [0.2, 0.25) is 0 Å². The van der Waals surface area contributed by atoms with E-state index in [0.29, 0.717) is 0 Å². The van der Waals surface area contributed by atoms with Gasteiger partial charge in [0.15, 0.2) is 0 Å². The molecule has 0 aromatic heterocycles. The number of unbranched alkanes of at least 4 members (excludes halogenated alkanes) is 6. The van der Waals surface area contributed by atoms with Crippen molar-refractivity contribution < 1.29 is 0 Å². The van der Waals surface area contributed by atoms with Gasteiger partial charge in [-0.15, -0.1) is 0 Å². The predicted octanol–water partition coefficient (Wildman–Crippen LogP) is 13.2. The zero-order valence-corrected chi connectivity index (χ0v) is 29.4. The van der Waals surface area contributed by atoms with Crippen molar-refractivity contribution in [3.05, 3.63) is 59.7 Å². The molecule has 0 atom stereocenters. The molecule has 0 aliphatic carbocycles. The van der Waals surface area contributed by atoms with E-state index in [1.54, 1.807) is 11.1 Å². The predicted molar refractivity (Wildman–Crippen MR) is 192 cm³/mol. The summed E-state index contributed by atoms with van der Waals surface area (Å²) in [4.78, 5) is 0. The maximum atomic E-state index is 2.47. The number of rotatable bonds is 23. The highest BCUT2D eigenvalue weighted by Crippen LogP contribution is 2.64. The van der Waals surface area contributed by atoms with Crippen molar-refractivity contribution in [1.82, 2.24) is 0 Å². The van der Waals surface area contributed by atoms with E-state index in [-0.39, 0.29) is 0 Å². The third kappa shape index (κ3) is 12.3. The Kier molecular flexibility index (Phi) is 18.0. The summed E-state index contributed by atoms with van der Waals surface area (Å²) in [7, 11) is -1.81. The van der Waals surface area contributed by atoms with Crippen LogP contribution >= 0.6 is 14.5 Å². The molecular weight excluding hydrogens is 518 g/mol. The Morgan fingerprint density at radius 1 is 0.350 bits per heavy atom. The average molecular weight is 585 g/mol. The van der Waals surface area contributed by atoms with Gasteiger partial charge in [-0.2, -0.15) is 0 Å². The molecule has 0 aliphatic heterocycles. The Morgan fingerprint density at radius 2 is 0.575 bits per heavy atom. The van der Waals surface area contributed by atoms with E-state index in [1.807, 2.05) is 0 Å². The molecule has 0 bridgehead atoms. The topological polar surface area (TPSA) is 0 Å². The molecule has 0 aliphatic rings. The quantitative estimate of drug-likeness (QED) is 0.114. The van der Waals surface area contributed by atoms with Gasteiger partial charge in [-0.25, -0.2) is 0 Å². The van der Waals surface area contributed by atoms with Crippen LogP contribution in [0.4, 0.5) is 0 Å². The largest absolute Gasteiger partial charge is 0.0842 e. The normalized spacial score (nSPS) is 12.2. The van der Waals surface area contributed by atoms with Gasteiger partial charge in [-0.1, -0.05) is 129 Å². The maximum absolute atomic E-state index is 2.47. The molecule has 0 saturated heterocycles. The summed E-state index contributed by atoms with van der Waals surface area (Å²) in [5.41, 5.74) is 5.96. The Morgan fingerprint density at radius 3 is 0.775 bits per heavy atom. The summed E-state index contributed by atoms with van der Waals surface area (Å²) in [5.74, 6) is 0. The Hall–Kier alpha value is -0.700. The molecule has 226 valence electrons. The van der Waals surface area contributed by atoms with E-state index >= 15 is 0 Å². The lowest BCUT2D eigenvalue weighted by Gasteiger charge is -2.28. The molecule has 2 aromatic carbocycles. The zero-order chi connectivity index (χ0) is 29.1. The van der Waals surface area contributed by atoms with Crippen molar-refractivity contribution in [1.29, 1.82) is 0 Å². The molecule has 0 heterocycles. The third-order valence-corrected chi connectivity index (χ3v) is 18.9. The minimum absolute atomic E-state index is 0.903. The van der Waals surface area contributed by atoms with E-state index in [9.17, 15) is 0 Å². The van der Waals surface area contributed by atoms with E-state index < -0.39 is 14.5 Å². The zero-order valence-electron chi connectivity index (χ0n) is 27.7. The lowest BCUT2D eigenvalue weighted by Crippen LogP contribution is -2.11. The summed E-state index contributed by atoms with van der Waals surface area (Å²) in [6.45, 7) is 14.2. The summed E-state index contributed by atoms with van der Waals surface area (Å²) >= 11 is 0. The minimum atomic E-state index is -0.903. The molecule has 0 fully saturated rings. The van der Waals surface area contributed by atoms with Gasteiger partial charge in [0.25, 0.3) is 0 Å². The molecule has 0 amide bonds. The van der Waals surface area contributed by atoms with Crippen LogP contribution in [0.3, 0.4) is 0 Å². The monoisotopic (exact) mass is 584 g/mol. The molecule has 0 radical (unpaired) electrons. The Labute approximate surface area is 252 Å². The highest BCUT2D eigenvalue weighted by molar-refractivity contribution is 7.75. The van der Waals surface area contributed by atoms with Gasteiger partial charge in [0.1, 0.15) is 0 Å². The van der Waals surface area contributed by atoms with Crippen molar-refractivity contribution in [2.45, 2.75) is 131 Å². The number of hydrogen-bond acceptors (Lipinski definition) is 0. The van der Waals surface area contributed by atoms with Crippen molar-refractivity contribution in [3.63, 3.8) is 0 Å². The van der Waals surface area contributed by atoms with E-state index in [4.69, 9.17) is 0 Å². The molecule has 0 spiro atoms. The van der Waals surface area contributed by atoms with Crippen LogP contribution in [0.25, 0.3) is 11.1 Å². The smallest absolute Gasteiger partial charge is 0.0652 e. The van der Waals surface area contributed by atoms with Crippen LogP contribution in [-0.2, 0) is 12.3 Å². The van der Waals surface area contributed by atoms with Crippen LogP contribution in [0.5, 0.6) is 0 Å². The first-order valence-corrected chi connectivity index (χ1v) is 22.4. The first-order chi connectivity index (χ1) is 19.5. The fourth-order valence-corrected chi connectivity index (χ4v) is 16.7. The standard InChI is InChI=1S/C38H66P2/c1-7-13-27-39(28-14-8-2,29-15-9-3)33-35-19-23-37(24-20-35)38-25-21-36(22-26-38)34-40(30-16-10-4,31-17-11-5)32-18-12-6/h19-26H,7-18,27-34H2,1-6H3/q+2. The summed E-state index contributed by atoms with van der Waals surface area (Å²) < 4.78 is 0. The molecule has 0 unspecified atom stereocenters. The number of hydrogen-bond donors (Lipinski definition) is 0. The Bertz CT molecular complexity index is 764. The van der Waals surface area contributed by atoms with Crippen molar-refractivity contribution in [2.75, 3.05) is 37.0 Å². The van der Waals surface area contributed by atoms with Crippen LogP contribution in [0.1, 0.15) is 130 Å². The fourth-order valence-electron chi connectivity index (χ4n) is 6.49. The van der Waals surface area contributed by atoms with Gasteiger partial charge in [0, 0.05) is 14.5 Å². The van der Waals surface area contributed by atoms with Gasteiger partial charge in [-0.05, 0) is 60.8 Å². The van der Waals surface area contributed by atoms with E-state index in [0.717, 1.165) is 0 Å². The molecule has 40 heavy (non-hydrogen) atoms. The highest BCUT2D eigenvalue weighted by atomic mass is 31.2. The van der Waals surface area contributed by atoms with Crippen molar-refractivity contribution >= 4 is 14.5 Å². The van der Waals surface area contributed by atoms with Gasteiger partial charge in [-0.3, -0.25) is 0 Å². The summed E-state index contributed by atoms with van der Waals surface area (Å²) in [5, 5.41) is 0. The van der Waals surface area contributed by atoms with Gasteiger partial charge < -0.3 is 0 Å². The van der Waals surface area contributed by atoms with E-state index in [2.05, 4.69) is 90.1 Å². The second kappa shape index (κ2) is 20.2. The number of benzene rings is 2. The summed E-state index contributed by atoms with van der Waals surface area (Å²) in [6.07, 6.45) is 28.3. The minimum Gasteiger partial charge on any atom is -0.0652 e. The van der Waals surface area contributed by atoms with Crippen molar-refractivity contribution in [3.8, 4) is 11.1 Å². The van der Waals surface area contributed by atoms with Crippen LogP contribution in [0, 0.1) is 0 Å². The molecule has 0 N–H and O–H groups in total. The van der Waals surface area contributed by atoms with Gasteiger partial charge in [0.2, 0.25) is 0 Å². The van der Waals surface area contributed by atoms with Gasteiger partial charge in [0.05, 0.1) is 49.3 Å². The average Bonchev–Trinajstić information content (AvgIpc) is 2.99. The molecular formula is C38H66P2+2. The molecule has 2 heteroatoms. The maximum Gasteiger partial charge on any atom is 0.0842 e. The molecule has 2 aromatic rings. The first kappa shape index (κ1) is 35.5. The SMILES string of the molecule is CCCC[P+](CCCC)(CCCC)Cc1ccc(-c2ccc(C[P+](CCCC)(CCCC)CCCC)cc2)cc1. The molecule has 0 saturated carbocycles. The third-order valence-electron chi connectivity index (χ3n) is 9.19. The van der Waals surface area contributed by atoms with E-state index in [1.165, 1.54) is 137 Å². The second-order valence-corrected chi connectivity index (χ2v) is 21.5. The lowest BCUT2D eigenvalue weighted by atomic mass is 10.0. The van der Waals surface area contributed by atoms with Crippen LogP contribution in [-0.4, -0.2) is 37.0 Å². The first-order valence-electron chi connectivity index (χ1n) is 17.4. The Balaban J connectivity index is 2.18.